The molecule has 1 atom stereocenters. The molecule has 112 valence electrons. The average Bonchev–Trinajstić information content (AvgIpc) is 2.37. The summed E-state index contributed by atoms with van der Waals surface area (Å²) in [4.78, 5) is 0. The van der Waals surface area contributed by atoms with Crippen molar-refractivity contribution in [3.8, 4) is 0 Å². The van der Waals surface area contributed by atoms with Crippen molar-refractivity contribution < 1.29 is 18.3 Å². The van der Waals surface area contributed by atoms with E-state index in [2.05, 4.69) is 0 Å². The lowest BCUT2D eigenvalue weighted by Gasteiger charge is -2.14. The van der Waals surface area contributed by atoms with E-state index < -0.39 is 17.8 Å². The topological polar surface area (TPSA) is 20.2 Å². The van der Waals surface area contributed by atoms with Crippen molar-refractivity contribution in [2.75, 3.05) is 0 Å². The van der Waals surface area contributed by atoms with E-state index in [1.54, 1.807) is 0 Å². The maximum absolute atomic E-state index is 12.6. The van der Waals surface area contributed by atoms with Crippen molar-refractivity contribution in [2.24, 2.45) is 0 Å². The van der Waals surface area contributed by atoms with Crippen LogP contribution in [0.4, 0.5) is 13.2 Å². The molecule has 0 saturated carbocycles. The molecule has 0 bridgehead atoms. The van der Waals surface area contributed by atoms with Crippen LogP contribution in [-0.2, 0) is 12.6 Å². The van der Waals surface area contributed by atoms with E-state index in [9.17, 15) is 18.3 Å². The summed E-state index contributed by atoms with van der Waals surface area (Å²) < 4.78 is 37.9. The first kappa shape index (κ1) is 16.1. The average molecular weight is 335 g/mol. The van der Waals surface area contributed by atoms with Crippen LogP contribution in [0.2, 0.25) is 10.0 Å². The number of aliphatic hydroxyl groups is 1. The Kier molecular flexibility index (Phi) is 4.81. The Hall–Kier alpha value is -1.23. The number of aliphatic hydroxyl groups excluding tert-OH is 1. The maximum atomic E-state index is 12.6. The molecule has 0 aliphatic heterocycles. The van der Waals surface area contributed by atoms with Gasteiger partial charge in [0.1, 0.15) is 0 Å². The molecule has 0 amide bonds. The predicted octanol–water partition coefficient (Wildman–Crippen LogP) is 5.29. The summed E-state index contributed by atoms with van der Waals surface area (Å²) in [5.74, 6) is 0. The largest absolute Gasteiger partial charge is 0.416 e. The predicted molar refractivity (Wildman–Crippen MR) is 76.6 cm³/mol. The Bertz CT molecular complexity index is 621. The minimum Gasteiger partial charge on any atom is -0.388 e. The van der Waals surface area contributed by atoms with Gasteiger partial charge in [0.2, 0.25) is 0 Å². The number of rotatable bonds is 3. The molecule has 1 unspecified atom stereocenters. The van der Waals surface area contributed by atoms with E-state index >= 15 is 0 Å². The van der Waals surface area contributed by atoms with Crippen LogP contribution in [0.5, 0.6) is 0 Å². The molecule has 2 aromatic carbocycles. The van der Waals surface area contributed by atoms with Crippen LogP contribution in [0.1, 0.15) is 22.8 Å². The lowest BCUT2D eigenvalue weighted by Crippen LogP contribution is -2.07. The molecule has 0 aromatic heterocycles. The van der Waals surface area contributed by atoms with Crippen molar-refractivity contribution in [1.82, 2.24) is 0 Å². The summed E-state index contributed by atoms with van der Waals surface area (Å²) >= 11 is 11.7. The van der Waals surface area contributed by atoms with Crippen LogP contribution in [0, 0.1) is 0 Å². The van der Waals surface area contributed by atoms with Crippen molar-refractivity contribution in [1.29, 1.82) is 0 Å². The highest BCUT2D eigenvalue weighted by molar-refractivity contribution is 6.34. The third-order valence-corrected chi connectivity index (χ3v) is 3.39. The number of halogens is 5. The van der Waals surface area contributed by atoms with Crippen LogP contribution in [-0.4, -0.2) is 5.11 Å². The molecular formula is C15H11Cl2F3O. The van der Waals surface area contributed by atoms with Gasteiger partial charge in [-0.15, -0.1) is 0 Å². The summed E-state index contributed by atoms with van der Waals surface area (Å²) in [6.45, 7) is 0. The summed E-state index contributed by atoms with van der Waals surface area (Å²) in [7, 11) is 0. The van der Waals surface area contributed by atoms with E-state index in [1.807, 2.05) is 0 Å². The zero-order chi connectivity index (χ0) is 15.6. The summed E-state index contributed by atoms with van der Waals surface area (Å²) in [6.07, 6.45) is -5.34. The van der Waals surface area contributed by atoms with Gasteiger partial charge < -0.3 is 5.11 Å². The quantitative estimate of drug-likeness (QED) is 0.808. The minimum atomic E-state index is -4.40. The Labute approximate surface area is 129 Å². The van der Waals surface area contributed by atoms with Crippen LogP contribution in [0.25, 0.3) is 0 Å². The third-order valence-electron chi connectivity index (χ3n) is 2.95. The molecule has 0 spiro atoms. The molecule has 0 aliphatic carbocycles. The number of benzene rings is 2. The summed E-state index contributed by atoms with van der Waals surface area (Å²) in [5, 5.41) is 10.8. The van der Waals surface area contributed by atoms with Crippen LogP contribution in [0.3, 0.4) is 0 Å². The summed E-state index contributed by atoms with van der Waals surface area (Å²) in [6, 6.07) is 9.45. The van der Waals surface area contributed by atoms with Crippen molar-refractivity contribution >= 4 is 23.2 Å². The molecule has 0 saturated heterocycles. The molecular weight excluding hydrogens is 324 g/mol. The monoisotopic (exact) mass is 334 g/mol. The Morgan fingerprint density at radius 3 is 2.19 bits per heavy atom. The fraction of sp³-hybridized carbons (Fsp3) is 0.200. The zero-order valence-corrected chi connectivity index (χ0v) is 12.2. The highest BCUT2D eigenvalue weighted by atomic mass is 35.5. The second kappa shape index (κ2) is 6.26. The maximum Gasteiger partial charge on any atom is 0.416 e. The number of hydrogen-bond donors (Lipinski definition) is 1. The Morgan fingerprint density at radius 2 is 1.62 bits per heavy atom. The smallest absolute Gasteiger partial charge is 0.388 e. The first-order valence-electron chi connectivity index (χ1n) is 6.06. The fourth-order valence-corrected chi connectivity index (χ4v) is 2.53. The molecule has 1 nitrogen and oxygen atoms in total. The van der Waals surface area contributed by atoms with E-state index in [4.69, 9.17) is 23.2 Å². The van der Waals surface area contributed by atoms with Gasteiger partial charge in [-0.05, 0) is 35.4 Å². The SMILES string of the molecule is OC(Cc1cccc(C(F)(F)F)c1)c1cc(Cl)cc(Cl)c1. The van der Waals surface area contributed by atoms with Crippen LogP contribution < -0.4 is 0 Å². The molecule has 0 fully saturated rings. The highest BCUT2D eigenvalue weighted by Gasteiger charge is 2.30. The molecule has 1 N–H and O–H groups in total. The van der Waals surface area contributed by atoms with Crippen LogP contribution >= 0.6 is 23.2 Å². The third kappa shape index (κ3) is 4.37. The van der Waals surface area contributed by atoms with Crippen LogP contribution in [0.15, 0.2) is 42.5 Å². The van der Waals surface area contributed by atoms with Gasteiger partial charge in [0, 0.05) is 16.5 Å². The summed E-state index contributed by atoms with van der Waals surface area (Å²) in [5.41, 5.74) is 0.106. The van der Waals surface area contributed by atoms with Gasteiger partial charge in [0.05, 0.1) is 11.7 Å². The molecule has 0 heterocycles. The minimum absolute atomic E-state index is 0.0423. The van der Waals surface area contributed by atoms with Crippen molar-refractivity contribution in [2.45, 2.75) is 18.7 Å². The van der Waals surface area contributed by atoms with E-state index in [0.717, 1.165) is 12.1 Å². The first-order valence-corrected chi connectivity index (χ1v) is 6.81. The number of alkyl halides is 3. The van der Waals surface area contributed by atoms with E-state index in [1.165, 1.54) is 30.3 Å². The van der Waals surface area contributed by atoms with Gasteiger partial charge >= 0.3 is 6.18 Å². The van der Waals surface area contributed by atoms with Gasteiger partial charge in [0.15, 0.2) is 0 Å². The van der Waals surface area contributed by atoms with Crippen molar-refractivity contribution in [3.05, 3.63) is 69.2 Å². The molecule has 2 aromatic rings. The standard InChI is InChI=1S/C15H11Cl2F3O/c16-12-6-10(7-13(17)8-12)14(21)5-9-2-1-3-11(4-9)15(18,19)20/h1-4,6-8,14,21H,5H2. The molecule has 2 rings (SSSR count). The van der Waals surface area contributed by atoms with Gasteiger partial charge in [0.25, 0.3) is 0 Å². The zero-order valence-electron chi connectivity index (χ0n) is 10.7. The molecule has 6 heteroatoms. The van der Waals surface area contributed by atoms with Gasteiger partial charge in [-0.1, -0.05) is 41.4 Å². The van der Waals surface area contributed by atoms with Gasteiger partial charge in [-0.2, -0.15) is 13.2 Å². The normalized spacial score (nSPS) is 13.2. The number of hydrogen-bond acceptors (Lipinski definition) is 1. The molecule has 0 radical (unpaired) electrons. The first-order chi connectivity index (χ1) is 9.75. The van der Waals surface area contributed by atoms with E-state index in [0.29, 0.717) is 21.2 Å². The van der Waals surface area contributed by atoms with Gasteiger partial charge in [-0.25, -0.2) is 0 Å². The fourth-order valence-electron chi connectivity index (χ4n) is 1.98. The Morgan fingerprint density at radius 1 is 1.00 bits per heavy atom. The molecule has 21 heavy (non-hydrogen) atoms. The second-order valence-corrected chi connectivity index (χ2v) is 5.49. The van der Waals surface area contributed by atoms with Gasteiger partial charge in [-0.3, -0.25) is 0 Å². The lowest BCUT2D eigenvalue weighted by atomic mass is 10.00. The second-order valence-electron chi connectivity index (χ2n) is 4.62. The Balaban J connectivity index is 2.21. The lowest BCUT2D eigenvalue weighted by molar-refractivity contribution is -0.137. The molecule has 0 aliphatic rings. The van der Waals surface area contributed by atoms with E-state index in [-0.39, 0.29) is 6.42 Å². The van der Waals surface area contributed by atoms with Crippen molar-refractivity contribution in [3.63, 3.8) is 0 Å². The highest BCUT2D eigenvalue weighted by Crippen LogP contribution is 2.31.